The van der Waals surface area contributed by atoms with Gasteiger partial charge in [0.15, 0.2) is 0 Å². The van der Waals surface area contributed by atoms with E-state index in [9.17, 15) is 0 Å². The van der Waals surface area contributed by atoms with Gasteiger partial charge in [-0.2, -0.15) is 0 Å². The van der Waals surface area contributed by atoms with Gasteiger partial charge < -0.3 is 5.32 Å². The van der Waals surface area contributed by atoms with Gasteiger partial charge in [0.05, 0.1) is 0 Å². The predicted molar refractivity (Wildman–Crippen MR) is 61.1 cm³/mol. The Bertz CT molecular complexity index is 99.3. The molecule has 0 aliphatic heterocycles. The monoisotopic (exact) mass is 183 g/mol. The minimum atomic E-state index is 1.11. The number of nitrogens with one attached hydrogen (secondary N) is 1. The van der Waals surface area contributed by atoms with E-state index < -0.39 is 0 Å². The highest BCUT2D eigenvalue weighted by Crippen LogP contribution is 2.06. The van der Waals surface area contributed by atoms with E-state index in [0.717, 1.165) is 6.54 Å². The summed E-state index contributed by atoms with van der Waals surface area (Å²) in [5.74, 6) is 0. The van der Waals surface area contributed by atoms with Gasteiger partial charge in [-0.15, -0.1) is 6.58 Å². The zero-order valence-electron chi connectivity index (χ0n) is 9.15. The quantitative estimate of drug-likeness (QED) is 0.404. The molecular weight excluding hydrogens is 158 g/mol. The number of hydrogen-bond acceptors (Lipinski definition) is 1. The van der Waals surface area contributed by atoms with Crippen LogP contribution in [0.4, 0.5) is 0 Å². The van der Waals surface area contributed by atoms with Crippen LogP contribution < -0.4 is 5.32 Å². The first-order valence-corrected chi connectivity index (χ1v) is 5.73. The molecule has 0 saturated heterocycles. The number of unbranched alkanes of at least 4 members (excludes halogenated alkanes) is 6. The molecule has 13 heavy (non-hydrogen) atoms. The normalized spacial score (nSPS) is 10.2. The van der Waals surface area contributed by atoms with E-state index in [0.29, 0.717) is 0 Å². The third kappa shape index (κ3) is 11.7. The lowest BCUT2D eigenvalue weighted by atomic mass is 10.1. The number of hydrogen-bond donors (Lipinski definition) is 1. The first-order chi connectivity index (χ1) is 6.41. The van der Waals surface area contributed by atoms with E-state index in [1.54, 1.807) is 0 Å². The Hall–Kier alpha value is -0.300. The summed E-state index contributed by atoms with van der Waals surface area (Å²) < 4.78 is 0. The molecule has 0 aromatic heterocycles. The van der Waals surface area contributed by atoms with Crippen LogP contribution in [0.1, 0.15) is 51.9 Å². The van der Waals surface area contributed by atoms with Crippen LogP contribution in [0.2, 0.25) is 0 Å². The molecule has 0 amide bonds. The molecule has 0 aromatic rings. The fourth-order valence-electron chi connectivity index (χ4n) is 1.42. The Morgan fingerprint density at radius 3 is 2.23 bits per heavy atom. The van der Waals surface area contributed by atoms with Crippen molar-refractivity contribution in [3.05, 3.63) is 12.7 Å². The van der Waals surface area contributed by atoms with Crippen molar-refractivity contribution in [3.63, 3.8) is 0 Å². The van der Waals surface area contributed by atoms with Crippen LogP contribution in [0.3, 0.4) is 0 Å². The van der Waals surface area contributed by atoms with E-state index in [1.807, 2.05) is 6.08 Å². The van der Waals surface area contributed by atoms with Gasteiger partial charge in [0.1, 0.15) is 0 Å². The van der Waals surface area contributed by atoms with Crippen molar-refractivity contribution in [1.82, 2.24) is 5.32 Å². The van der Waals surface area contributed by atoms with Gasteiger partial charge in [-0.1, -0.05) is 38.7 Å². The predicted octanol–water partition coefficient (Wildman–Crippen LogP) is 3.51. The van der Waals surface area contributed by atoms with Crippen LogP contribution in [0.15, 0.2) is 12.7 Å². The summed E-state index contributed by atoms with van der Waals surface area (Å²) in [6, 6.07) is 0. The number of allylic oxidation sites excluding steroid dienone is 1. The first-order valence-electron chi connectivity index (χ1n) is 5.73. The summed E-state index contributed by atoms with van der Waals surface area (Å²) in [6.07, 6.45) is 11.5. The molecule has 0 spiro atoms. The number of rotatable bonds is 10. The molecule has 0 aromatic carbocycles. The second-order valence-corrected chi connectivity index (χ2v) is 3.55. The fourth-order valence-corrected chi connectivity index (χ4v) is 1.42. The summed E-state index contributed by atoms with van der Waals surface area (Å²) in [4.78, 5) is 0. The van der Waals surface area contributed by atoms with Gasteiger partial charge >= 0.3 is 0 Å². The lowest BCUT2D eigenvalue weighted by Crippen LogP contribution is -2.13. The van der Waals surface area contributed by atoms with Crippen molar-refractivity contribution in [1.29, 1.82) is 0 Å². The summed E-state index contributed by atoms with van der Waals surface area (Å²) >= 11 is 0. The van der Waals surface area contributed by atoms with Gasteiger partial charge in [-0.3, -0.25) is 0 Å². The van der Waals surface area contributed by atoms with Crippen LogP contribution >= 0.6 is 0 Å². The summed E-state index contributed by atoms with van der Waals surface area (Å²) in [5, 5.41) is 3.35. The molecule has 1 heteroatoms. The summed E-state index contributed by atoms with van der Waals surface area (Å²) in [7, 11) is 0. The minimum absolute atomic E-state index is 1.11. The lowest BCUT2D eigenvalue weighted by molar-refractivity contribution is 0.573. The molecule has 0 rings (SSSR count). The van der Waals surface area contributed by atoms with E-state index in [4.69, 9.17) is 0 Å². The van der Waals surface area contributed by atoms with E-state index in [2.05, 4.69) is 18.8 Å². The highest BCUT2D eigenvalue weighted by atomic mass is 14.8. The van der Waals surface area contributed by atoms with Crippen LogP contribution in [-0.4, -0.2) is 13.1 Å². The minimum Gasteiger partial charge on any atom is -0.317 e. The van der Waals surface area contributed by atoms with Gasteiger partial charge in [0, 0.05) is 0 Å². The van der Waals surface area contributed by atoms with Gasteiger partial charge in [-0.05, 0) is 32.4 Å². The van der Waals surface area contributed by atoms with Crippen LogP contribution in [0.5, 0.6) is 0 Å². The molecular formula is C12H25N. The molecule has 1 N–H and O–H groups in total. The second-order valence-electron chi connectivity index (χ2n) is 3.55. The van der Waals surface area contributed by atoms with Crippen molar-refractivity contribution < 1.29 is 0 Å². The molecule has 0 aliphatic carbocycles. The molecule has 0 heterocycles. The maximum absolute atomic E-state index is 3.72. The molecule has 0 saturated carbocycles. The summed E-state index contributed by atoms with van der Waals surface area (Å²) in [6.45, 7) is 8.19. The Kier molecular flexibility index (Phi) is 11.4. The maximum atomic E-state index is 3.72. The zero-order valence-corrected chi connectivity index (χ0v) is 9.15. The van der Waals surface area contributed by atoms with Crippen molar-refractivity contribution in [2.75, 3.05) is 13.1 Å². The Balaban J connectivity index is 2.79. The third-order valence-electron chi connectivity index (χ3n) is 2.26. The van der Waals surface area contributed by atoms with Crippen molar-refractivity contribution in [3.8, 4) is 0 Å². The standard InChI is InChI=1S/C12H25N/c1-3-5-6-7-8-9-10-11-12-13-4-2/h3,13H,1,4-12H2,2H3. The second kappa shape index (κ2) is 11.7. The molecule has 0 aliphatic rings. The third-order valence-corrected chi connectivity index (χ3v) is 2.26. The molecule has 0 unspecified atom stereocenters. The van der Waals surface area contributed by atoms with Crippen molar-refractivity contribution in [2.24, 2.45) is 0 Å². The molecule has 0 fully saturated rings. The van der Waals surface area contributed by atoms with Crippen molar-refractivity contribution >= 4 is 0 Å². The Morgan fingerprint density at radius 1 is 1.00 bits per heavy atom. The van der Waals surface area contributed by atoms with Crippen LogP contribution in [0.25, 0.3) is 0 Å². The average molecular weight is 183 g/mol. The smallest absolute Gasteiger partial charge is 0.00490 e. The zero-order chi connectivity index (χ0) is 9.78. The average Bonchev–Trinajstić information content (AvgIpc) is 2.16. The lowest BCUT2D eigenvalue weighted by Gasteiger charge is -2.01. The molecule has 1 nitrogen and oxygen atoms in total. The fraction of sp³-hybridized carbons (Fsp3) is 0.833. The van der Waals surface area contributed by atoms with E-state index in [1.165, 1.54) is 51.5 Å². The molecule has 0 radical (unpaired) electrons. The van der Waals surface area contributed by atoms with E-state index in [-0.39, 0.29) is 0 Å². The molecule has 0 atom stereocenters. The van der Waals surface area contributed by atoms with Crippen LogP contribution in [-0.2, 0) is 0 Å². The molecule has 78 valence electrons. The van der Waals surface area contributed by atoms with Gasteiger partial charge in [-0.25, -0.2) is 0 Å². The van der Waals surface area contributed by atoms with Crippen LogP contribution in [0, 0.1) is 0 Å². The van der Waals surface area contributed by atoms with Gasteiger partial charge in [0.25, 0.3) is 0 Å². The van der Waals surface area contributed by atoms with Crippen molar-refractivity contribution in [2.45, 2.75) is 51.9 Å². The largest absolute Gasteiger partial charge is 0.317 e. The van der Waals surface area contributed by atoms with E-state index >= 15 is 0 Å². The first kappa shape index (κ1) is 12.7. The maximum Gasteiger partial charge on any atom is -0.00490 e. The topological polar surface area (TPSA) is 12.0 Å². The highest BCUT2D eigenvalue weighted by Gasteiger charge is 1.89. The highest BCUT2D eigenvalue weighted by molar-refractivity contribution is 4.65. The van der Waals surface area contributed by atoms with Gasteiger partial charge in [0.2, 0.25) is 0 Å². The molecule has 0 bridgehead atoms. The Labute approximate surface area is 83.6 Å². The Morgan fingerprint density at radius 2 is 1.62 bits per heavy atom. The SMILES string of the molecule is C=CCCCCCCCCNCC. The summed E-state index contributed by atoms with van der Waals surface area (Å²) in [5.41, 5.74) is 0.